The first kappa shape index (κ1) is 13.9. The van der Waals surface area contributed by atoms with Crippen molar-refractivity contribution in [2.24, 2.45) is 5.92 Å². The van der Waals surface area contributed by atoms with Gasteiger partial charge in [-0.15, -0.1) is 0 Å². The maximum atomic E-state index is 12.2. The number of H-pyrrole nitrogens is 1. The first-order valence-electron chi connectivity index (χ1n) is 7.27. The standard InChI is InChI=1S/C14H24N4O/c1-3-6-11-12(15)13(18-17-11)14(19)16-10-8-5-4-7-9(10)2/h9-10H,3-8,15H2,1-2H3,(H,16,19)(H,17,18). The molecule has 1 fully saturated rings. The molecule has 1 saturated carbocycles. The number of aromatic nitrogens is 2. The zero-order chi connectivity index (χ0) is 13.8. The fraction of sp³-hybridized carbons (Fsp3) is 0.714. The van der Waals surface area contributed by atoms with Gasteiger partial charge in [-0.2, -0.15) is 5.10 Å². The van der Waals surface area contributed by atoms with E-state index in [1.807, 2.05) is 0 Å². The van der Waals surface area contributed by atoms with E-state index in [1.165, 1.54) is 19.3 Å². The Balaban J connectivity index is 2.03. The Kier molecular flexibility index (Phi) is 4.45. The molecule has 2 rings (SSSR count). The first-order chi connectivity index (χ1) is 9.13. The molecule has 2 unspecified atom stereocenters. The number of nitrogen functional groups attached to an aromatic ring is 1. The molecule has 0 bridgehead atoms. The number of nitrogens with two attached hydrogens (primary N) is 1. The molecule has 0 saturated heterocycles. The van der Waals surface area contributed by atoms with Gasteiger partial charge < -0.3 is 11.1 Å². The van der Waals surface area contributed by atoms with E-state index in [1.54, 1.807) is 0 Å². The van der Waals surface area contributed by atoms with Gasteiger partial charge in [0.05, 0.1) is 11.4 Å². The lowest BCUT2D eigenvalue weighted by atomic mass is 9.86. The highest BCUT2D eigenvalue weighted by molar-refractivity contribution is 5.97. The van der Waals surface area contributed by atoms with Crippen molar-refractivity contribution in [3.63, 3.8) is 0 Å². The number of hydrogen-bond donors (Lipinski definition) is 3. The first-order valence-corrected chi connectivity index (χ1v) is 7.27. The molecule has 0 aliphatic heterocycles. The quantitative estimate of drug-likeness (QED) is 0.780. The zero-order valence-corrected chi connectivity index (χ0v) is 11.8. The SMILES string of the molecule is CCCc1[nH]nc(C(=O)NC2CCCCC2C)c1N. The average molecular weight is 264 g/mol. The van der Waals surface area contributed by atoms with E-state index >= 15 is 0 Å². The van der Waals surface area contributed by atoms with Crippen LogP contribution in [0.2, 0.25) is 0 Å². The van der Waals surface area contributed by atoms with Gasteiger partial charge in [-0.3, -0.25) is 9.89 Å². The Labute approximate surface area is 114 Å². The van der Waals surface area contributed by atoms with Gasteiger partial charge in [-0.05, 0) is 25.2 Å². The topological polar surface area (TPSA) is 83.8 Å². The molecule has 5 heteroatoms. The molecule has 0 aromatic carbocycles. The number of anilines is 1. The molecule has 2 atom stereocenters. The lowest BCUT2D eigenvalue weighted by Crippen LogP contribution is -2.41. The second-order valence-electron chi connectivity index (χ2n) is 5.56. The summed E-state index contributed by atoms with van der Waals surface area (Å²) in [4.78, 5) is 12.2. The van der Waals surface area contributed by atoms with Crippen LogP contribution in [0.4, 0.5) is 5.69 Å². The number of carbonyl (C=O) groups is 1. The summed E-state index contributed by atoms with van der Waals surface area (Å²) in [7, 11) is 0. The largest absolute Gasteiger partial charge is 0.395 e. The van der Waals surface area contributed by atoms with Crippen LogP contribution in [-0.2, 0) is 6.42 Å². The predicted molar refractivity (Wildman–Crippen MR) is 75.9 cm³/mol. The van der Waals surface area contributed by atoms with Gasteiger partial charge in [0.15, 0.2) is 5.69 Å². The number of rotatable bonds is 4. The summed E-state index contributed by atoms with van der Waals surface area (Å²) in [6, 6.07) is 0.256. The van der Waals surface area contributed by atoms with Crippen molar-refractivity contribution in [3.05, 3.63) is 11.4 Å². The minimum absolute atomic E-state index is 0.144. The number of nitrogens with zero attached hydrogens (tertiary/aromatic N) is 1. The van der Waals surface area contributed by atoms with Crippen molar-refractivity contribution < 1.29 is 4.79 Å². The van der Waals surface area contributed by atoms with E-state index in [0.29, 0.717) is 17.3 Å². The van der Waals surface area contributed by atoms with Gasteiger partial charge in [0.25, 0.3) is 5.91 Å². The van der Waals surface area contributed by atoms with E-state index in [0.717, 1.165) is 25.0 Å². The summed E-state index contributed by atoms with van der Waals surface area (Å²) >= 11 is 0. The molecule has 5 nitrogen and oxygen atoms in total. The van der Waals surface area contributed by atoms with Crippen LogP contribution in [0.15, 0.2) is 0 Å². The molecule has 1 amide bonds. The molecule has 1 aliphatic carbocycles. The van der Waals surface area contributed by atoms with Crippen molar-refractivity contribution >= 4 is 11.6 Å². The monoisotopic (exact) mass is 264 g/mol. The second-order valence-corrected chi connectivity index (χ2v) is 5.56. The van der Waals surface area contributed by atoms with Crippen LogP contribution in [-0.4, -0.2) is 22.1 Å². The van der Waals surface area contributed by atoms with Gasteiger partial charge in [0.2, 0.25) is 0 Å². The molecular formula is C14H24N4O. The van der Waals surface area contributed by atoms with Crippen LogP contribution in [0.25, 0.3) is 0 Å². The number of carbonyl (C=O) groups excluding carboxylic acids is 1. The number of hydrogen-bond acceptors (Lipinski definition) is 3. The highest BCUT2D eigenvalue weighted by Gasteiger charge is 2.25. The zero-order valence-electron chi connectivity index (χ0n) is 11.8. The third kappa shape index (κ3) is 3.08. The average Bonchev–Trinajstić information content (AvgIpc) is 2.75. The smallest absolute Gasteiger partial charge is 0.274 e. The van der Waals surface area contributed by atoms with Crippen molar-refractivity contribution in [2.45, 2.75) is 58.4 Å². The molecule has 106 valence electrons. The number of nitrogens with one attached hydrogen (secondary N) is 2. The second kappa shape index (κ2) is 6.08. The minimum Gasteiger partial charge on any atom is -0.395 e. The van der Waals surface area contributed by atoms with Gasteiger partial charge in [0, 0.05) is 6.04 Å². The summed E-state index contributed by atoms with van der Waals surface area (Å²) in [6.45, 7) is 4.27. The third-order valence-corrected chi connectivity index (χ3v) is 4.03. The van der Waals surface area contributed by atoms with Crippen LogP contribution >= 0.6 is 0 Å². The molecule has 1 aliphatic rings. The number of amides is 1. The molecule has 1 aromatic rings. The molecule has 1 aromatic heterocycles. The van der Waals surface area contributed by atoms with Crippen LogP contribution in [0, 0.1) is 5.92 Å². The summed E-state index contributed by atoms with van der Waals surface area (Å²) in [5, 5.41) is 10.0. The summed E-state index contributed by atoms with van der Waals surface area (Å²) < 4.78 is 0. The Morgan fingerprint density at radius 2 is 2.21 bits per heavy atom. The van der Waals surface area contributed by atoms with Crippen LogP contribution in [0.3, 0.4) is 0 Å². The van der Waals surface area contributed by atoms with Crippen LogP contribution in [0.1, 0.15) is 62.1 Å². The van der Waals surface area contributed by atoms with Gasteiger partial charge in [-0.1, -0.05) is 33.1 Å². The van der Waals surface area contributed by atoms with Gasteiger partial charge >= 0.3 is 0 Å². The highest BCUT2D eigenvalue weighted by Crippen LogP contribution is 2.24. The third-order valence-electron chi connectivity index (χ3n) is 4.03. The fourth-order valence-electron chi connectivity index (χ4n) is 2.77. The molecule has 19 heavy (non-hydrogen) atoms. The predicted octanol–water partition coefficient (Wildman–Crippen LogP) is 2.25. The van der Waals surface area contributed by atoms with Crippen molar-refractivity contribution in [2.75, 3.05) is 5.73 Å². The summed E-state index contributed by atoms with van der Waals surface area (Å²) in [5.74, 6) is 0.392. The fourth-order valence-corrected chi connectivity index (χ4v) is 2.77. The Hall–Kier alpha value is -1.52. The van der Waals surface area contributed by atoms with Crippen molar-refractivity contribution in [3.8, 4) is 0 Å². The lowest BCUT2D eigenvalue weighted by molar-refractivity contribution is 0.0906. The maximum Gasteiger partial charge on any atom is 0.274 e. The van der Waals surface area contributed by atoms with Crippen LogP contribution < -0.4 is 11.1 Å². The Morgan fingerprint density at radius 1 is 1.47 bits per heavy atom. The van der Waals surface area contributed by atoms with E-state index in [-0.39, 0.29) is 11.9 Å². The van der Waals surface area contributed by atoms with E-state index in [9.17, 15) is 4.79 Å². The molecule has 0 radical (unpaired) electrons. The summed E-state index contributed by atoms with van der Waals surface area (Å²) in [5.41, 5.74) is 7.69. The summed E-state index contributed by atoms with van der Waals surface area (Å²) in [6.07, 6.45) is 6.49. The highest BCUT2D eigenvalue weighted by atomic mass is 16.2. The van der Waals surface area contributed by atoms with Gasteiger partial charge in [-0.25, -0.2) is 0 Å². The van der Waals surface area contributed by atoms with E-state index in [4.69, 9.17) is 5.73 Å². The normalized spacial score (nSPS) is 23.3. The Morgan fingerprint density at radius 3 is 2.89 bits per heavy atom. The molecular weight excluding hydrogens is 240 g/mol. The lowest BCUT2D eigenvalue weighted by Gasteiger charge is -2.29. The van der Waals surface area contributed by atoms with E-state index < -0.39 is 0 Å². The Bertz CT molecular complexity index is 441. The van der Waals surface area contributed by atoms with Crippen molar-refractivity contribution in [1.29, 1.82) is 0 Å². The molecule has 4 N–H and O–H groups in total. The molecule has 1 heterocycles. The van der Waals surface area contributed by atoms with Crippen molar-refractivity contribution in [1.82, 2.24) is 15.5 Å². The van der Waals surface area contributed by atoms with E-state index in [2.05, 4.69) is 29.4 Å². The number of aromatic amines is 1. The maximum absolute atomic E-state index is 12.2. The number of aryl methyl sites for hydroxylation is 1. The minimum atomic E-state index is -0.144. The van der Waals surface area contributed by atoms with Crippen LogP contribution in [0.5, 0.6) is 0 Å². The van der Waals surface area contributed by atoms with Gasteiger partial charge in [0.1, 0.15) is 0 Å². The molecule has 0 spiro atoms.